The zero-order valence-electron chi connectivity index (χ0n) is 21.6. The SMILES string of the molecule is Cc1cc(C2CCNCC2)ccc1NC1COc2cccc(-c3cccc(-n4ncc(C(=O)O)c4C)n3)c21. The van der Waals surface area contributed by atoms with E-state index in [-0.39, 0.29) is 11.6 Å². The lowest BCUT2D eigenvalue weighted by atomic mass is 9.89. The minimum atomic E-state index is -1.00. The fourth-order valence-corrected chi connectivity index (χ4v) is 5.61. The summed E-state index contributed by atoms with van der Waals surface area (Å²) in [5.41, 5.74) is 7.28. The highest BCUT2D eigenvalue weighted by atomic mass is 16.5. The molecule has 4 heterocycles. The normalized spacial score (nSPS) is 17.2. The molecule has 0 aliphatic carbocycles. The number of aromatic nitrogens is 3. The third kappa shape index (κ3) is 4.41. The highest BCUT2D eigenvalue weighted by molar-refractivity contribution is 5.88. The molecular formula is C30H31N5O3. The Kier molecular flexibility index (Phi) is 6.33. The predicted molar refractivity (Wildman–Crippen MR) is 146 cm³/mol. The maximum absolute atomic E-state index is 11.5. The molecule has 0 radical (unpaired) electrons. The summed E-state index contributed by atoms with van der Waals surface area (Å²) in [5, 5.41) is 20.9. The molecule has 1 saturated heterocycles. The van der Waals surface area contributed by atoms with Gasteiger partial charge in [-0.3, -0.25) is 0 Å². The molecule has 38 heavy (non-hydrogen) atoms. The second-order valence-corrected chi connectivity index (χ2v) is 10.1. The number of nitrogens with zero attached hydrogens (tertiary/aromatic N) is 3. The Morgan fingerprint density at radius 3 is 2.68 bits per heavy atom. The van der Waals surface area contributed by atoms with E-state index in [1.165, 1.54) is 30.2 Å². The minimum Gasteiger partial charge on any atom is -0.491 e. The van der Waals surface area contributed by atoms with Gasteiger partial charge in [-0.25, -0.2) is 14.5 Å². The molecule has 2 aliphatic rings. The number of aryl methyl sites for hydroxylation is 1. The minimum absolute atomic E-state index is 0.0276. The van der Waals surface area contributed by atoms with Crippen molar-refractivity contribution in [3.8, 4) is 22.8 Å². The van der Waals surface area contributed by atoms with Gasteiger partial charge in [0, 0.05) is 16.8 Å². The largest absolute Gasteiger partial charge is 0.491 e. The van der Waals surface area contributed by atoms with Crippen LogP contribution >= 0.6 is 0 Å². The number of pyridine rings is 1. The highest BCUT2D eigenvalue weighted by Crippen LogP contribution is 2.41. The first-order valence-electron chi connectivity index (χ1n) is 13.1. The summed E-state index contributed by atoms with van der Waals surface area (Å²) >= 11 is 0. The van der Waals surface area contributed by atoms with Crippen molar-refractivity contribution in [1.82, 2.24) is 20.1 Å². The van der Waals surface area contributed by atoms with E-state index in [9.17, 15) is 9.90 Å². The first-order chi connectivity index (χ1) is 18.5. The van der Waals surface area contributed by atoms with Crippen LogP contribution in [0.4, 0.5) is 5.69 Å². The Bertz CT molecular complexity index is 1510. The van der Waals surface area contributed by atoms with Crippen molar-refractivity contribution in [2.75, 3.05) is 25.0 Å². The third-order valence-electron chi connectivity index (χ3n) is 7.68. The quantitative estimate of drug-likeness (QED) is 0.326. The zero-order chi connectivity index (χ0) is 26.2. The van der Waals surface area contributed by atoms with Crippen LogP contribution in [-0.2, 0) is 0 Å². The fraction of sp³-hybridized carbons (Fsp3) is 0.300. The van der Waals surface area contributed by atoms with E-state index in [4.69, 9.17) is 9.72 Å². The number of ether oxygens (including phenoxy) is 1. The Hall–Kier alpha value is -4.17. The fourth-order valence-electron chi connectivity index (χ4n) is 5.61. The molecule has 3 N–H and O–H groups in total. The molecule has 6 rings (SSSR count). The Morgan fingerprint density at radius 1 is 1.11 bits per heavy atom. The monoisotopic (exact) mass is 509 g/mol. The van der Waals surface area contributed by atoms with Gasteiger partial charge in [-0.1, -0.05) is 30.3 Å². The lowest BCUT2D eigenvalue weighted by Crippen LogP contribution is -2.26. The van der Waals surface area contributed by atoms with Crippen LogP contribution in [0, 0.1) is 13.8 Å². The molecule has 8 heteroatoms. The van der Waals surface area contributed by atoms with Crippen LogP contribution in [0.15, 0.2) is 60.8 Å². The Labute approximate surface area is 221 Å². The summed E-state index contributed by atoms with van der Waals surface area (Å²) in [5.74, 6) is 1.03. The van der Waals surface area contributed by atoms with Crippen molar-refractivity contribution in [3.05, 3.63) is 88.7 Å². The molecule has 2 aliphatic heterocycles. The Balaban J connectivity index is 1.30. The van der Waals surface area contributed by atoms with E-state index >= 15 is 0 Å². The number of benzene rings is 2. The van der Waals surface area contributed by atoms with Crippen LogP contribution in [0.2, 0.25) is 0 Å². The molecular weight excluding hydrogens is 478 g/mol. The van der Waals surface area contributed by atoms with E-state index < -0.39 is 5.97 Å². The van der Waals surface area contributed by atoms with E-state index in [0.29, 0.717) is 24.0 Å². The molecule has 0 spiro atoms. The van der Waals surface area contributed by atoms with Crippen LogP contribution in [0.25, 0.3) is 17.1 Å². The van der Waals surface area contributed by atoms with E-state index in [0.717, 1.165) is 41.3 Å². The zero-order valence-corrected chi connectivity index (χ0v) is 21.6. The topological polar surface area (TPSA) is 101 Å². The molecule has 0 saturated carbocycles. The molecule has 1 unspecified atom stereocenters. The lowest BCUT2D eigenvalue weighted by Gasteiger charge is -2.24. The van der Waals surface area contributed by atoms with Crippen LogP contribution in [-0.4, -0.2) is 45.5 Å². The maximum Gasteiger partial charge on any atom is 0.339 e. The van der Waals surface area contributed by atoms with Crippen LogP contribution in [0.1, 0.15) is 57.5 Å². The molecule has 2 aromatic carbocycles. The number of carbonyl (C=O) groups is 1. The number of rotatable bonds is 6. The van der Waals surface area contributed by atoms with Gasteiger partial charge in [-0.2, -0.15) is 5.10 Å². The molecule has 1 atom stereocenters. The van der Waals surface area contributed by atoms with Gasteiger partial charge in [0.15, 0.2) is 5.82 Å². The average Bonchev–Trinajstić information content (AvgIpc) is 3.54. The van der Waals surface area contributed by atoms with Gasteiger partial charge in [0.1, 0.15) is 17.9 Å². The smallest absolute Gasteiger partial charge is 0.339 e. The summed E-state index contributed by atoms with van der Waals surface area (Å²) < 4.78 is 7.65. The van der Waals surface area contributed by atoms with Crippen molar-refractivity contribution in [2.24, 2.45) is 0 Å². The molecule has 194 valence electrons. The number of fused-ring (bicyclic) bond motifs is 1. The van der Waals surface area contributed by atoms with Gasteiger partial charge < -0.3 is 20.5 Å². The first-order valence-corrected chi connectivity index (χ1v) is 13.1. The van der Waals surface area contributed by atoms with E-state index in [1.807, 2.05) is 30.3 Å². The number of aromatic carboxylic acids is 1. The van der Waals surface area contributed by atoms with Gasteiger partial charge in [-0.05, 0) is 81.1 Å². The number of carboxylic acids is 1. The molecule has 4 aromatic rings. The highest BCUT2D eigenvalue weighted by Gasteiger charge is 2.29. The van der Waals surface area contributed by atoms with E-state index in [1.54, 1.807) is 11.6 Å². The maximum atomic E-state index is 11.5. The second-order valence-electron chi connectivity index (χ2n) is 10.1. The predicted octanol–water partition coefficient (Wildman–Crippen LogP) is 5.26. The second kappa shape index (κ2) is 9.95. The molecule has 0 amide bonds. The van der Waals surface area contributed by atoms with E-state index in [2.05, 4.69) is 46.9 Å². The molecule has 0 bridgehead atoms. The molecule has 8 nitrogen and oxygen atoms in total. The van der Waals surface area contributed by atoms with Gasteiger partial charge >= 0.3 is 5.97 Å². The van der Waals surface area contributed by atoms with Crippen LogP contribution in [0.3, 0.4) is 0 Å². The van der Waals surface area contributed by atoms with Gasteiger partial charge in [0.2, 0.25) is 0 Å². The average molecular weight is 510 g/mol. The lowest BCUT2D eigenvalue weighted by molar-refractivity contribution is 0.0696. The van der Waals surface area contributed by atoms with Crippen molar-refractivity contribution in [1.29, 1.82) is 0 Å². The third-order valence-corrected chi connectivity index (χ3v) is 7.68. The number of anilines is 1. The number of hydrogen-bond donors (Lipinski definition) is 3. The number of carboxylic acid groups (broad SMARTS) is 1. The van der Waals surface area contributed by atoms with Gasteiger partial charge in [-0.15, -0.1) is 0 Å². The van der Waals surface area contributed by atoms with Gasteiger partial charge in [0.05, 0.1) is 23.6 Å². The van der Waals surface area contributed by atoms with Gasteiger partial charge in [0.25, 0.3) is 0 Å². The standard InChI is InChI=1S/C30H31N5O3/c1-18-15-21(20-11-13-31-14-12-20)9-10-24(18)33-26-17-38-27-7-3-5-22(29(26)27)25-6-4-8-28(34-25)35-19(2)23(16-32-35)30(36)37/h3-10,15-16,20,26,31,33H,11-14,17H2,1-2H3,(H,36,37). The van der Waals surface area contributed by atoms with Crippen molar-refractivity contribution in [3.63, 3.8) is 0 Å². The summed E-state index contributed by atoms with van der Waals surface area (Å²) in [7, 11) is 0. The van der Waals surface area contributed by atoms with Crippen molar-refractivity contribution in [2.45, 2.75) is 38.6 Å². The van der Waals surface area contributed by atoms with Crippen LogP contribution in [0.5, 0.6) is 5.75 Å². The molecule has 1 fully saturated rings. The van der Waals surface area contributed by atoms with Crippen molar-refractivity contribution < 1.29 is 14.6 Å². The summed E-state index contributed by atoms with van der Waals surface area (Å²) in [6.45, 7) is 6.59. The summed E-state index contributed by atoms with van der Waals surface area (Å²) in [6, 6.07) is 18.5. The van der Waals surface area contributed by atoms with Crippen LogP contribution < -0.4 is 15.4 Å². The summed E-state index contributed by atoms with van der Waals surface area (Å²) in [4.78, 5) is 16.4. The molecule has 2 aromatic heterocycles. The van der Waals surface area contributed by atoms with Crippen molar-refractivity contribution >= 4 is 11.7 Å². The number of nitrogens with one attached hydrogen (secondary N) is 2. The summed E-state index contributed by atoms with van der Waals surface area (Å²) in [6.07, 6.45) is 3.72. The first kappa shape index (κ1) is 24.2. The number of hydrogen-bond acceptors (Lipinski definition) is 6. The Morgan fingerprint density at radius 2 is 1.92 bits per heavy atom. The number of piperidine rings is 1.